The Kier molecular flexibility index (Phi) is 4.16. The van der Waals surface area contributed by atoms with Crippen LogP contribution in [0.5, 0.6) is 0 Å². The predicted octanol–water partition coefficient (Wildman–Crippen LogP) is 3.22. The van der Waals surface area contributed by atoms with E-state index in [1.807, 2.05) is 31.2 Å². The molecule has 0 radical (unpaired) electrons. The first-order valence-corrected chi connectivity index (χ1v) is 5.58. The molecule has 0 atom stereocenters. The molecule has 0 saturated heterocycles. The third-order valence-corrected chi connectivity index (χ3v) is 2.38. The lowest BCUT2D eigenvalue weighted by atomic mass is 10.1. The Balaban J connectivity index is 2.75. The molecule has 70 valence electrons. The van der Waals surface area contributed by atoms with Crippen molar-refractivity contribution in [1.82, 2.24) is 0 Å². The van der Waals surface area contributed by atoms with E-state index in [1.165, 1.54) is 5.56 Å². The normalized spacial score (nSPS) is 10.0. The molecule has 2 heteroatoms. The Hall–Kier alpha value is -0.630. The summed E-state index contributed by atoms with van der Waals surface area (Å²) in [7, 11) is 0. The van der Waals surface area contributed by atoms with Gasteiger partial charge in [-0.05, 0) is 12.0 Å². The van der Waals surface area contributed by atoms with Gasteiger partial charge in [0.25, 0.3) is 0 Å². The van der Waals surface area contributed by atoms with Crippen LogP contribution in [-0.4, -0.2) is 11.1 Å². The number of carbonyl (C=O) groups is 1. The van der Waals surface area contributed by atoms with Gasteiger partial charge in [-0.15, -0.1) is 0 Å². The van der Waals surface area contributed by atoms with Gasteiger partial charge in [0, 0.05) is 17.3 Å². The maximum Gasteiger partial charge on any atom is 0.162 e. The van der Waals surface area contributed by atoms with Crippen molar-refractivity contribution in [2.24, 2.45) is 0 Å². The predicted molar refractivity (Wildman–Crippen MR) is 58.6 cm³/mol. The smallest absolute Gasteiger partial charge is 0.162 e. The largest absolute Gasteiger partial charge is 0.294 e. The van der Waals surface area contributed by atoms with E-state index in [1.54, 1.807) is 0 Å². The van der Waals surface area contributed by atoms with Crippen molar-refractivity contribution in [2.45, 2.75) is 19.8 Å². The number of hydrogen-bond donors (Lipinski definition) is 0. The van der Waals surface area contributed by atoms with Crippen LogP contribution in [0.1, 0.15) is 29.3 Å². The molecule has 0 spiro atoms. The summed E-state index contributed by atoms with van der Waals surface area (Å²) < 4.78 is 0. The number of halogens is 1. The highest BCUT2D eigenvalue weighted by Crippen LogP contribution is 2.08. The Morgan fingerprint density at radius 2 is 1.92 bits per heavy atom. The van der Waals surface area contributed by atoms with E-state index in [-0.39, 0.29) is 5.78 Å². The summed E-state index contributed by atoms with van der Waals surface area (Å²) in [5, 5.41) is 0.966. The summed E-state index contributed by atoms with van der Waals surface area (Å²) in [6.45, 7) is 1.88. The maximum atomic E-state index is 11.3. The Labute approximate surface area is 87.3 Å². The summed E-state index contributed by atoms with van der Waals surface area (Å²) >= 11 is 3.38. The summed E-state index contributed by atoms with van der Waals surface area (Å²) in [6.07, 6.45) is 1.60. The molecule has 0 saturated carbocycles. The molecular weight excluding hydrogens is 228 g/mol. The van der Waals surface area contributed by atoms with E-state index in [0.717, 1.165) is 17.3 Å². The van der Waals surface area contributed by atoms with Gasteiger partial charge in [0.1, 0.15) is 0 Å². The van der Waals surface area contributed by atoms with Crippen molar-refractivity contribution < 1.29 is 4.79 Å². The molecule has 0 amide bonds. The van der Waals surface area contributed by atoms with Crippen LogP contribution in [0.15, 0.2) is 24.3 Å². The molecule has 0 heterocycles. The monoisotopic (exact) mass is 240 g/mol. The van der Waals surface area contributed by atoms with Gasteiger partial charge in [-0.1, -0.05) is 47.1 Å². The van der Waals surface area contributed by atoms with Gasteiger partial charge in [-0.3, -0.25) is 4.79 Å². The number of aryl methyl sites for hydroxylation is 1. The average molecular weight is 241 g/mol. The fourth-order valence-electron chi connectivity index (χ4n) is 1.17. The number of carbonyl (C=O) groups excluding carboxylic acids is 1. The first-order valence-electron chi connectivity index (χ1n) is 4.46. The third-order valence-electron chi connectivity index (χ3n) is 1.98. The molecule has 0 N–H and O–H groups in total. The van der Waals surface area contributed by atoms with Crippen LogP contribution in [-0.2, 0) is 6.42 Å². The Bertz CT molecular complexity index is 277. The van der Waals surface area contributed by atoms with Gasteiger partial charge >= 0.3 is 0 Å². The van der Waals surface area contributed by atoms with Gasteiger partial charge < -0.3 is 0 Å². The zero-order chi connectivity index (χ0) is 9.68. The Morgan fingerprint density at radius 3 is 2.38 bits per heavy atom. The molecule has 1 rings (SSSR count). The lowest BCUT2D eigenvalue weighted by Crippen LogP contribution is -1.96. The topological polar surface area (TPSA) is 17.1 Å². The maximum absolute atomic E-state index is 11.3. The lowest BCUT2D eigenvalue weighted by Gasteiger charge is -2.00. The Morgan fingerprint density at radius 1 is 1.31 bits per heavy atom. The molecule has 0 unspecified atom stereocenters. The molecule has 1 aromatic carbocycles. The van der Waals surface area contributed by atoms with E-state index >= 15 is 0 Å². The van der Waals surface area contributed by atoms with Crippen LogP contribution in [0.2, 0.25) is 0 Å². The standard InChI is InChI=1S/C11H13BrO/c1-2-11(13)10-5-3-9(4-6-10)7-8-12/h3-6H,2,7-8H2,1H3. The minimum Gasteiger partial charge on any atom is -0.294 e. The second kappa shape index (κ2) is 5.18. The third kappa shape index (κ3) is 2.96. The fourth-order valence-corrected chi connectivity index (χ4v) is 1.63. The molecule has 0 aliphatic rings. The van der Waals surface area contributed by atoms with E-state index in [4.69, 9.17) is 0 Å². The average Bonchev–Trinajstić information content (AvgIpc) is 2.18. The van der Waals surface area contributed by atoms with E-state index < -0.39 is 0 Å². The quantitative estimate of drug-likeness (QED) is 0.584. The van der Waals surface area contributed by atoms with Gasteiger partial charge in [0.2, 0.25) is 0 Å². The van der Waals surface area contributed by atoms with Crippen LogP contribution in [0, 0.1) is 0 Å². The van der Waals surface area contributed by atoms with E-state index in [9.17, 15) is 4.79 Å². The van der Waals surface area contributed by atoms with Crippen molar-refractivity contribution in [2.75, 3.05) is 5.33 Å². The highest BCUT2D eigenvalue weighted by atomic mass is 79.9. The number of rotatable bonds is 4. The van der Waals surface area contributed by atoms with Crippen molar-refractivity contribution >= 4 is 21.7 Å². The summed E-state index contributed by atoms with van der Waals surface area (Å²) in [5.41, 5.74) is 2.09. The highest BCUT2D eigenvalue weighted by molar-refractivity contribution is 9.09. The zero-order valence-electron chi connectivity index (χ0n) is 7.72. The minimum atomic E-state index is 0.213. The number of Topliss-reactive ketones (excluding diaryl/α,β-unsaturated/α-hetero) is 1. The van der Waals surface area contributed by atoms with Gasteiger partial charge in [-0.2, -0.15) is 0 Å². The van der Waals surface area contributed by atoms with Crippen LogP contribution >= 0.6 is 15.9 Å². The molecule has 0 bridgehead atoms. The SMILES string of the molecule is CCC(=O)c1ccc(CCBr)cc1. The summed E-state index contributed by atoms with van der Waals surface area (Å²) in [4.78, 5) is 11.3. The van der Waals surface area contributed by atoms with Crippen molar-refractivity contribution in [3.8, 4) is 0 Å². The number of benzene rings is 1. The van der Waals surface area contributed by atoms with Crippen LogP contribution in [0.3, 0.4) is 0 Å². The van der Waals surface area contributed by atoms with Crippen LogP contribution in [0.4, 0.5) is 0 Å². The van der Waals surface area contributed by atoms with Gasteiger partial charge in [0.15, 0.2) is 5.78 Å². The summed E-state index contributed by atoms with van der Waals surface area (Å²) in [6, 6.07) is 7.85. The molecule has 13 heavy (non-hydrogen) atoms. The zero-order valence-corrected chi connectivity index (χ0v) is 9.30. The molecule has 1 aromatic rings. The first-order chi connectivity index (χ1) is 6.27. The highest BCUT2D eigenvalue weighted by Gasteiger charge is 2.01. The van der Waals surface area contributed by atoms with Crippen molar-refractivity contribution in [1.29, 1.82) is 0 Å². The van der Waals surface area contributed by atoms with E-state index in [2.05, 4.69) is 15.9 Å². The number of alkyl halides is 1. The van der Waals surface area contributed by atoms with E-state index in [0.29, 0.717) is 6.42 Å². The number of hydrogen-bond acceptors (Lipinski definition) is 1. The second-order valence-corrected chi connectivity index (χ2v) is 3.71. The molecular formula is C11H13BrO. The number of ketones is 1. The molecule has 1 nitrogen and oxygen atoms in total. The first kappa shape index (κ1) is 10.5. The summed E-state index contributed by atoms with van der Waals surface area (Å²) in [5.74, 6) is 0.213. The molecule has 0 aliphatic heterocycles. The second-order valence-electron chi connectivity index (χ2n) is 2.91. The fraction of sp³-hybridized carbons (Fsp3) is 0.364. The van der Waals surface area contributed by atoms with Crippen molar-refractivity contribution in [3.05, 3.63) is 35.4 Å². The molecule has 0 aromatic heterocycles. The van der Waals surface area contributed by atoms with Gasteiger partial charge in [0.05, 0.1) is 0 Å². The van der Waals surface area contributed by atoms with Crippen LogP contribution < -0.4 is 0 Å². The van der Waals surface area contributed by atoms with Gasteiger partial charge in [-0.25, -0.2) is 0 Å². The lowest BCUT2D eigenvalue weighted by molar-refractivity contribution is 0.0988. The van der Waals surface area contributed by atoms with Crippen LogP contribution in [0.25, 0.3) is 0 Å². The van der Waals surface area contributed by atoms with Crippen molar-refractivity contribution in [3.63, 3.8) is 0 Å². The molecule has 0 aliphatic carbocycles. The minimum absolute atomic E-state index is 0.213. The molecule has 0 fully saturated rings.